The number of nitrogens with one attached hydrogen (secondary N) is 1. The molecule has 88 valence electrons. The molecule has 4 heteroatoms. The van der Waals surface area contributed by atoms with E-state index in [2.05, 4.69) is 5.32 Å². The summed E-state index contributed by atoms with van der Waals surface area (Å²) in [5.74, 6) is 0. The van der Waals surface area contributed by atoms with Crippen LogP contribution in [0.1, 0.15) is 25.7 Å². The molecule has 0 amide bonds. The average molecular weight is 239 g/mol. The molecule has 0 aromatic heterocycles. The Hall–Kier alpha value is -1.03. The van der Waals surface area contributed by atoms with E-state index in [1.165, 1.54) is 31.9 Å². The van der Waals surface area contributed by atoms with Crippen molar-refractivity contribution in [1.82, 2.24) is 0 Å². The topological polar surface area (TPSA) is 46.2 Å². The molecule has 0 atom stereocenters. The molecule has 1 aliphatic carbocycles. The third kappa shape index (κ3) is 2.76. The lowest BCUT2D eigenvalue weighted by Gasteiger charge is -2.13. The van der Waals surface area contributed by atoms with Crippen molar-refractivity contribution >= 4 is 15.5 Å². The van der Waals surface area contributed by atoms with Crippen molar-refractivity contribution in [3.05, 3.63) is 24.3 Å². The minimum atomic E-state index is -3.10. The second-order valence-corrected chi connectivity index (χ2v) is 6.44. The monoisotopic (exact) mass is 239 g/mol. The Kier molecular flexibility index (Phi) is 3.19. The minimum absolute atomic E-state index is 0.385. The molecule has 1 N–H and O–H groups in total. The van der Waals surface area contributed by atoms with E-state index in [4.69, 9.17) is 0 Å². The predicted molar refractivity (Wildman–Crippen MR) is 65.4 cm³/mol. The number of anilines is 1. The van der Waals surface area contributed by atoms with Crippen LogP contribution >= 0.6 is 0 Å². The van der Waals surface area contributed by atoms with Crippen LogP contribution in [0.15, 0.2) is 29.2 Å². The van der Waals surface area contributed by atoms with Gasteiger partial charge in [-0.2, -0.15) is 0 Å². The summed E-state index contributed by atoms with van der Waals surface area (Å²) in [6.07, 6.45) is 6.14. The molecule has 1 saturated carbocycles. The molecule has 1 fully saturated rings. The molecule has 1 aliphatic rings. The van der Waals surface area contributed by atoms with Crippen LogP contribution in [0, 0.1) is 0 Å². The van der Waals surface area contributed by atoms with Crippen LogP contribution in [0.5, 0.6) is 0 Å². The van der Waals surface area contributed by atoms with Crippen LogP contribution in [0.3, 0.4) is 0 Å². The Balaban J connectivity index is 2.16. The molecule has 0 aliphatic heterocycles. The maximum absolute atomic E-state index is 11.4. The smallest absolute Gasteiger partial charge is 0.175 e. The highest BCUT2D eigenvalue weighted by atomic mass is 32.2. The zero-order valence-corrected chi connectivity index (χ0v) is 10.3. The Bertz CT molecular complexity index is 462. The van der Waals surface area contributed by atoms with E-state index in [0.717, 1.165) is 5.69 Å². The van der Waals surface area contributed by atoms with Crippen molar-refractivity contribution in [1.29, 1.82) is 0 Å². The highest BCUT2D eigenvalue weighted by molar-refractivity contribution is 7.90. The summed E-state index contributed by atoms with van der Waals surface area (Å²) in [5, 5.41) is 3.39. The Morgan fingerprint density at radius 3 is 2.56 bits per heavy atom. The molecule has 1 aromatic rings. The van der Waals surface area contributed by atoms with E-state index >= 15 is 0 Å². The molecular formula is C12H17NO2S. The first-order valence-corrected chi connectivity index (χ1v) is 7.51. The quantitative estimate of drug-likeness (QED) is 0.881. The van der Waals surface area contributed by atoms with Gasteiger partial charge in [-0.05, 0) is 31.0 Å². The lowest BCUT2D eigenvalue weighted by Crippen LogP contribution is -2.14. The average Bonchev–Trinajstić information content (AvgIpc) is 2.70. The first-order valence-electron chi connectivity index (χ1n) is 5.62. The van der Waals surface area contributed by atoms with E-state index in [0.29, 0.717) is 10.9 Å². The Labute approximate surface area is 96.8 Å². The van der Waals surface area contributed by atoms with Crippen LogP contribution in [0.4, 0.5) is 5.69 Å². The van der Waals surface area contributed by atoms with Gasteiger partial charge in [-0.1, -0.05) is 18.9 Å². The van der Waals surface area contributed by atoms with Gasteiger partial charge in [-0.25, -0.2) is 8.42 Å². The van der Waals surface area contributed by atoms with Gasteiger partial charge < -0.3 is 5.32 Å². The van der Waals surface area contributed by atoms with Crippen molar-refractivity contribution in [2.45, 2.75) is 36.6 Å². The standard InChI is InChI=1S/C12H17NO2S/c1-16(14,15)12-8-4-7-11(9-12)13-10-5-2-3-6-10/h4,7-10,13H,2-3,5-6H2,1H3. The Morgan fingerprint density at radius 1 is 1.25 bits per heavy atom. The van der Waals surface area contributed by atoms with Gasteiger partial charge in [-0.3, -0.25) is 0 Å². The summed E-state index contributed by atoms with van der Waals surface area (Å²) in [6.45, 7) is 0. The fraction of sp³-hybridized carbons (Fsp3) is 0.500. The summed E-state index contributed by atoms with van der Waals surface area (Å²) in [6, 6.07) is 7.57. The van der Waals surface area contributed by atoms with E-state index in [1.54, 1.807) is 18.2 Å². The van der Waals surface area contributed by atoms with Gasteiger partial charge in [0.1, 0.15) is 0 Å². The molecule has 2 rings (SSSR count). The zero-order valence-electron chi connectivity index (χ0n) is 9.44. The van der Waals surface area contributed by atoms with E-state index in [-0.39, 0.29) is 0 Å². The van der Waals surface area contributed by atoms with Gasteiger partial charge in [0, 0.05) is 18.0 Å². The number of sulfone groups is 1. The van der Waals surface area contributed by atoms with Crippen LogP contribution in [0.25, 0.3) is 0 Å². The lowest BCUT2D eigenvalue weighted by atomic mass is 10.2. The largest absolute Gasteiger partial charge is 0.382 e. The SMILES string of the molecule is CS(=O)(=O)c1cccc(NC2CCCC2)c1. The first kappa shape index (κ1) is 11.5. The van der Waals surface area contributed by atoms with Crippen molar-refractivity contribution < 1.29 is 8.42 Å². The summed E-state index contributed by atoms with van der Waals surface area (Å²) >= 11 is 0. The first-order chi connectivity index (χ1) is 7.55. The lowest BCUT2D eigenvalue weighted by molar-refractivity contribution is 0.602. The summed E-state index contributed by atoms with van der Waals surface area (Å²) < 4.78 is 22.8. The van der Waals surface area contributed by atoms with Gasteiger partial charge in [0.25, 0.3) is 0 Å². The normalized spacial score (nSPS) is 17.6. The molecule has 16 heavy (non-hydrogen) atoms. The van der Waals surface area contributed by atoms with Gasteiger partial charge in [-0.15, -0.1) is 0 Å². The molecular weight excluding hydrogens is 222 g/mol. The van der Waals surface area contributed by atoms with E-state index in [9.17, 15) is 8.42 Å². The molecule has 0 saturated heterocycles. The molecule has 0 unspecified atom stereocenters. The number of hydrogen-bond donors (Lipinski definition) is 1. The van der Waals surface area contributed by atoms with Crippen molar-refractivity contribution in [3.8, 4) is 0 Å². The van der Waals surface area contributed by atoms with Gasteiger partial charge in [0.2, 0.25) is 0 Å². The van der Waals surface area contributed by atoms with Crippen molar-refractivity contribution in [2.24, 2.45) is 0 Å². The van der Waals surface area contributed by atoms with Crippen LogP contribution in [0.2, 0.25) is 0 Å². The minimum Gasteiger partial charge on any atom is -0.382 e. The van der Waals surface area contributed by atoms with Gasteiger partial charge in [0.15, 0.2) is 9.84 Å². The third-order valence-electron chi connectivity index (χ3n) is 2.99. The van der Waals surface area contributed by atoms with Gasteiger partial charge >= 0.3 is 0 Å². The molecule has 0 spiro atoms. The molecule has 3 nitrogen and oxygen atoms in total. The summed E-state index contributed by atoms with van der Waals surface area (Å²) in [5.41, 5.74) is 0.912. The number of rotatable bonds is 3. The Morgan fingerprint density at radius 2 is 1.94 bits per heavy atom. The van der Waals surface area contributed by atoms with Crippen LogP contribution < -0.4 is 5.32 Å². The highest BCUT2D eigenvalue weighted by Gasteiger charge is 2.15. The maximum atomic E-state index is 11.4. The van der Waals surface area contributed by atoms with Gasteiger partial charge in [0.05, 0.1) is 4.90 Å². The maximum Gasteiger partial charge on any atom is 0.175 e. The molecule has 0 heterocycles. The number of benzene rings is 1. The second kappa shape index (κ2) is 4.45. The molecule has 1 aromatic carbocycles. The second-order valence-electron chi connectivity index (χ2n) is 4.43. The third-order valence-corrected chi connectivity index (χ3v) is 4.10. The van der Waals surface area contributed by atoms with Crippen LogP contribution in [-0.4, -0.2) is 20.7 Å². The number of hydrogen-bond acceptors (Lipinski definition) is 3. The zero-order chi connectivity index (χ0) is 11.6. The fourth-order valence-electron chi connectivity index (χ4n) is 2.12. The van der Waals surface area contributed by atoms with E-state index in [1.807, 2.05) is 6.07 Å². The summed E-state index contributed by atoms with van der Waals surface area (Å²) in [7, 11) is -3.10. The summed E-state index contributed by atoms with van der Waals surface area (Å²) in [4.78, 5) is 0.385. The fourth-order valence-corrected chi connectivity index (χ4v) is 2.79. The highest BCUT2D eigenvalue weighted by Crippen LogP contribution is 2.23. The van der Waals surface area contributed by atoms with Crippen LogP contribution in [-0.2, 0) is 9.84 Å². The van der Waals surface area contributed by atoms with Crippen molar-refractivity contribution in [2.75, 3.05) is 11.6 Å². The molecule has 0 bridgehead atoms. The van der Waals surface area contributed by atoms with E-state index < -0.39 is 9.84 Å². The predicted octanol–water partition coefficient (Wildman–Crippen LogP) is 2.44. The van der Waals surface area contributed by atoms with Crippen molar-refractivity contribution in [3.63, 3.8) is 0 Å². The molecule has 0 radical (unpaired) electrons.